The summed E-state index contributed by atoms with van der Waals surface area (Å²) in [5.74, 6) is -0.211. The van der Waals surface area contributed by atoms with E-state index < -0.39 is 0 Å². The molecule has 0 aromatic heterocycles. The van der Waals surface area contributed by atoms with Crippen molar-refractivity contribution in [2.75, 3.05) is 0 Å². The molecule has 0 spiro atoms. The Morgan fingerprint density at radius 1 is 1.40 bits per heavy atom. The van der Waals surface area contributed by atoms with E-state index in [1.54, 1.807) is 6.29 Å². The molecule has 0 saturated heterocycles. The first-order chi connectivity index (χ1) is 4.85. The summed E-state index contributed by atoms with van der Waals surface area (Å²) in [4.78, 5) is 19.9. The summed E-state index contributed by atoms with van der Waals surface area (Å²) in [6, 6.07) is 0. The Morgan fingerprint density at radius 3 is 2.50 bits per heavy atom. The maximum atomic E-state index is 10.1. The molecule has 1 unspecified atom stereocenters. The van der Waals surface area contributed by atoms with Gasteiger partial charge in [-0.1, -0.05) is 19.8 Å². The Bertz CT molecular complexity index is 99.4. The van der Waals surface area contributed by atoms with E-state index in [1.807, 2.05) is 13.2 Å². The fourth-order valence-electron chi connectivity index (χ4n) is 0.754. The molecule has 0 saturated carbocycles. The van der Waals surface area contributed by atoms with Crippen LogP contribution in [0.2, 0.25) is 0 Å². The molecular weight excluding hydrogens is 128 g/mol. The molecule has 1 atom stereocenters. The third-order valence-electron chi connectivity index (χ3n) is 1.40. The zero-order valence-electron chi connectivity index (χ0n) is 6.22. The number of hydrogen-bond donors (Lipinski definition) is 0. The van der Waals surface area contributed by atoms with Gasteiger partial charge >= 0.3 is 0 Å². The Labute approximate surface area is 61.6 Å². The molecule has 56 valence electrons. The van der Waals surface area contributed by atoms with Crippen LogP contribution in [0.1, 0.15) is 32.6 Å². The molecule has 0 aliphatic carbocycles. The van der Waals surface area contributed by atoms with Gasteiger partial charge in [-0.2, -0.15) is 0 Å². The van der Waals surface area contributed by atoms with Crippen LogP contribution in [0.3, 0.4) is 0 Å². The predicted molar refractivity (Wildman–Crippen MR) is 39.0 cm³/mol. The average molecular weight is 140 g/mol. The quantitative estimate of drug-likeness (QED) is 0.559. The molecule has 0 heterocycles. The highest BCUT2D eigenvalue weighted by Gasteiger charge is 2.06. The molecule has 0 fully saturated rings. The van der Waals surface area contributed by atoms with Crippen molar-refractivity contribution in [2.24, 2.45) is 5.92 Å². The van der Waals surface area contributed by atoms with E-state index in [2.05, 4.69) is 0 Å². The maximum absolute atomic E-state index is 10.1. The Morgan fingerprint density at radius 2 is 2.10 bits per heavy atom. The first-order valence-corrected chi connectivity index (χ1v) is 3.57. The summed E-state index contributed by atoms with van der Waals surface area (Å²) in [6.07, 6.45) is 6.57. The van der Waals surface area contributed by atoms with Crippen LogP contribution in [-0.2, 0) is 9.59 Å². The molecule has 10 heavy (non-hydrogen) atoms. The van der Waals surface area contributed by atoms with Gasteiger partial charge in [0.05, 0.1) is 0 Å². The van der Waals surface area contributed by atoms with Gasteiger partial charge in [-0.25, -0.2) is 0 Å². The highest BCUT2D eigenvalue weighted by molar-refractivity contribution is 5.62. The van der Waals surface area contributed by atoms with E-state index in [4.69, 9.17) is 0 Å². The van der Waals surface area contributed by atoms with Crippen molar-refractivity contribution in [1.82, 2.24) is 0 Å². The number of rotatable bonds is 6. The largest absolute Gasteiger partial charge is 0.291 e. The maximum Gasteiger partial charge on any atom is 0.202 e. The second kappa shape index (κ2) is 6.46. The lowest BCUT2D eigenvalue weighted by Crippen LogP contribution is -2.01. The highest BCUT2D eigenvalue weighted by atomic mass is 16.1. The van der Waals surface area contributed by atoms with E-state index in [0.29, 0.717) is 0 Å². The van der Waals surface area contributed by atoms with Gasteiger partial charge < -0.3 is 0 Å². The summed E-state index contributed by atoms with van der Waals surface area (Å²) in [5.41, 5.74) is 0. The number of carbonyl (C=O) groups excluding carboxylic acids is 2. The highest BCUT2D eigenvalue weighted by Crippen LogP contribution is 2.07. The van der Waals surface area contributed by atoms with Gasteiger partial charge in [-0.05, 0) is 6.42 Å². The van der Waals surface area contributed by atoms with Crippen LogP contribution in [0.25, 0.3) is 0 Å². The Kier molecular flexibility index (Phi) is 6.03. The van der Waals surface area contributed by atoms with Crippen molar-refractivity contribution < 1.29 is 9.59 Å². The topological polar surface area (TPSA) is 34.1 Å². The fraction of sp³-hybridized carbons (Fsp3) is 0.750. The summed E-state index contributed by atoms with van der Waals surface area (Å²) in [6.45, 7) is 2.05. The second-order valence-corrected chi connectivity index (χ2v) is 2.31. The smallest absolute Gasteiger partial charge is 0.202 e. The minimum Gasteiger partial charge on any atom is -0.291 e. The monoisotopic (exact) mass is 140 g/mol. The lowest BCUT2D eigenvalue weighted by Gasteiger charge is -2.01. The number of hydrogen-bond acceptors (Lipinski definition) is 2. The van der Waals surface area contributed by atoms with E-state index in [1.165, 1.54) is 0 Å². The molecule has 0 bridgehead atoms. The fourth-order valence-corrected chi connectivity index (χ4v) is 0.754. The van der Waals surface area contributed by atoms with Crippen LogP contribution in [0, 0.1) is 5.92 Å². The van der Waals surface area contributed by atoms with Crippen LogP contribution in [0.5, 0.6) is 0 Å². The van der Waals surface area contributed by atoms with E-state index in [9.17, 15) is 9.59 Å². The summed E-state index contributed by atoms with van der Waals surface area (Å²) in [5, 5.41) is 0. The zero-order chi connectivity index (χ0) is 7.82. The third-order valence-corrected chi connectivity index (χ3v) is 1.40. The SMILES string of the molecule is CCCCC([C]=O)C[C]=O. The molecule has 0 aromatic rings. The molecule has 0 aliphatic heterocycles. The van der Waals surface area contributed by atoms with Crippen LogP contribution in [0.4, 0.5) is 0 Å². The first kappa shape index (κ1) is 9.34. The summed E-state index contributed by atoms with van der Waals surface area (Å²) < 4.78 is 0. The van der Waals surface area contributed by atoms with Gasteiger partial charge in [0.2, 0.25) is 6.29 Å². The van der Waals surface area contributed by atoms with Gasteiger partial charge in [0.25, 0.3) is 0 Å². The van der Waals surface area contributed by atoms with E-state index in [0.717, 1.165) is 19.3 Å². The number of unbranched alkanes of at least 4 members (excludes halogenated alkanes) is 1. The standard InChI is InChI=1S/C8H12O2/c1-2-3-4-8(7-10)5-6-9/h8H,2-5H2,1H3. The minimum atomic E-state index is -0.211. The summed E-state index contributed by atoms with van der Waals surface area (Å²) in [7, 11) is 0. The zero-order valence-corrected chi connectivity index (χ0v) is 6.22. The first-order valence-electron chi connectivity index (χ1n) is 3.57. The molecule has 0 aromatic carbocycles. The van der Waals surface area contributed by atoms with Gasteiger partial charge in [0, 0.05) is 12.3 Å². The van der Waals surface area contributed by atoms with Crippen molar-refractivity contribution in [3.05, 3.63) is 0 Å². The van der Waals surface area contributed by atoms with Crippen molar-refractivity contribution in [3.8, 4) is 0 Å². The van der Waals surface area contributed by atoms with Crippen molar-refractivity contribution in [1.29, 1.82) is 0 Å². The van der Waals surface area contributed by atoms with Crippen molar-refractivity contribution in [3.63, 3.8) is 0 Å². The van der Waals surface area contributed by atoms with Crippen molar-refractivity contribution in [2.45, 2.75) is 32.6 Å². The molecular formula is C8H12O2. The third kappa shape index (κ3) is 4.24. The molecule has 2 nitrogen and oxygen atoms in total. The van der Waals surface area contributed by atoms with Crippen LogP contribution < -0.4 is 0 Å². The van der Waals surface area contributed by atoms with Crippen LogP contribution in [0.15, 0.2) is 0 Å². The van der Waals surface area contributed by atoms with E-state index >= 15 is 0 Å². The molecule has 0 aliphatic rings. The lowest BCUT2D eigenvalue weighted by atomic mass is 10.0. The van der Waals surface area contributed by atoms with Crippen LogP contribution >= 0.6 is 0 Å². The van der Waals surface area contributed by atoms with Gasteiger partial charge in [0.1, 0.15) is 0 Å². The predicted octanol–water partition coefficient (Wildman–Crippen LogP) is 1.40. The molecule has 0 amide bonds. The molecule has 0 N–H and O–H groups in total. The van der Waals surface area contributed by atoms with E-state index in [-0.39, 0.29) is 12.3 Å². The van der Waals surface area contributed by atoms with Crippen LogP contribution in [-0.4, -0.2) is 12.6 Å². The lowest BCUT2D eigenvalue weighted by molar-refractivity contribution is 0.488. The van der Waals surface area contributed by atoms with Crippen molar-refractivity contribution >= 4 is 12.6 Å². The molecule has 2 heteroatoms. The van der Waals surface area contributed by atoms with Gasteiger partial charge in [-0.15, -0.1) is 0 Å². The minimum absolute atomic E-state index is 0.211. The van der Waals surface area contributed by atoms with Gasteiger partial charge in [-0.3, -0.25) is 9.59 Å². The molecule has 2 radical (unpaired) electrons. The second-order valence-electron chi connectivity index (χ2n) is 2.31. The molecule has 0 rings (SSSR count). The Hall–Kier alpha value is -0.660. The van der Waals surface area contributed by atoms with Gasteiger partial charge in [0.15, 0.2) is 6.29 Å². The normalized spacial score (nSPS) is 12.5. The average Bonchev–Trinajstić information content (AvgIpc) is 1.98. The summed E-state index contributed by atoms with van der Waals surface area (Å²) >= 11 is 0. The Balaban J connectivity index is 3.38.